The van der Waals surface area contributed by atoms with Crippen LogP contribution < -0.4 is 0 Å². The number of unbranched alkanes of at least 4 members (excludes halogenated alkanes) is 1. The molecule has 0 aliphatic heterocycles. The van der Waals surface area contributed by atoms with Crippen molar-refractivity contribution < 1.29 is 19.1 Å². The summed E-state index contributed by atoms with van der Waals surface area (Å²) in [6.07, 6.45) is 2.12. The van der Waals surface area contributed by atoms with Crippen molar-refractivity contribution in [2.45, 2.75) is 27.2 Å². The van der Waals surface area contributed by atoms with Crippen molar-refractivity contribution in [3.63, 3.8) is 0 Å². The molecule has 0 bridgehead atoms. The van der Waals surface area contributed by atoms with E-state index in [1.54, 1.807) is 0 Å². The summed E-state index contributed by atoms with van der Waals surface area (Å²) < 4.78 is 9.20. The molecule has 0 aliphatic carbocycles. The van der Waals surface area contributed by atoms with Crippen LogP contribution in [0, 0.1) is 0 Å². The smallest absolute Gasteiger partial charge is 0.330 e. The average Bonchev–Trinajstić information content (AvgIpc) is 2.43. The summed E-state index contributed by atoms with van der Waals surface area (Å²) in [4.78, 5) is 24.7. The lowest BCUT2D eigenvalue weighted by Gasteiger charge is -2.22. The Bertz CT molecular complexity index is 290. The molecule has 0 aromatic heterocycles. The summed E-state index contributed by atoms with van der Waals surface area (Å²) in [5.41, 5.74) is 0. The summed E-state index contributed by atoms with van der Waals surface area (Å²) in [6, 6.07) is 0. The number of carbonyl (C=O) groups is 2. The minimum Gasteiger partial charge on any atom is -0.463 e. The summed E-state index contributed by atoms with van der Waals surface area (Å²) in [5, 5.41) is 0. The number of esters is 2. The number of carbonyl (C=O) groups excluding carboxylic acids is 2. The van der Waals surface area contributed by atoms with Crippen molar-refractivity contribution in [2.24, 2.45) is 0 Å². The van der Waals surface area contributed by atoms with Gasteiger partial charge in [0.25, 0.3) is 0 Å². The van der Waals surface area contributed by atoms with E-state index in [4.69, 9.17) is 9.47 Å². The molecule has 0 saturated carbocycles. The van der Waals surface area contributed by atoms with Crippen LogP contribution in [0.15, 0.2) is 0 Å². The third-order valence-corrected chi connectivity index (χ3v) is 3.98. The van der Waals surface area contributed by atoms with E-state index >= 15 is 0 Å². The predicted octanol–water partition coefficient (Wildman–Crippen LogP) is 3.41. The Morgan fingerprint density at radius 2 is 1.33 bits per heavy atom. The second kappa shape index (κ2) is 13.3. The molecule has 0 aromatic carbocycles. The van der Waals surface area contributed by atoms with Gasteiger partial charge in [0.1, 0.15) is 13.2 Å². The minimum absolute atomic E-state index is 0.309. The third kappa shape index (κ3) is 12.0. The molecular weight excluding hydrogens is 542 g/mol. The standard InChI is InChI=1S/C12H19Br4NO4/c1-2-3-4-17(5-7-20-11(18)9(13)14)6-8-21-12(19)10(15)16/h9-10H,2-8H2,1H3. The zero-order valence-corrected chi connectivity index (χ0v) is 18.0. The first kappa shape index (κ1) is 21.8. The highest BCUT2D eigenvalue weighted by Crippen LogP contribution is 2.10. The molecule has 0 radical (unpaired) electrons. The highest BCUT2D eigenvalue weighted by atomic mass is 79.9. The zero-order valence-electron chi connectivity index (χ0n) is 11.7. The molecule has 0 rings (SSSR count). The van der Waals surface area contributed by atoms with Crippen LogP contribution >= 0.6 is 63.7 Å². The van der Waals surface area contributed by atoms with Crippen molar-refractivity contribution in [2.75, 3.05) is 32.8 Å². The molecule has 9 heteroatoms. The molecule has 0 fully saturated rings. The fraction of sp³-hybridized carbons (Fsp3) is 0.833. The van der Waals surface area contributed by atoms with Gasteiger partial charge >= 0.3 is 11.9 Å². The molecule has 124 valence electrons. The lowest BCUT2D eigenvalue weighted by atomic mass is 10.3. The second-order valence-electron chi connectivity index (χ2n) is 4.13. The molecule has 0 aromatic rings. The van der Waals surface area contributed by atoms with E-state index in [2.05, 4.69) is 75.5 Å². The van der Waals surface area contributed by atoms with Crippen LogP contribution in [0.3, 0.4) is 0 Å². The summed E-state index contributed by atoms with van der Waals surface area (Å²) in [5.74, 6) is -0.698. The summed E-state index contributed by atoms with van der Waals surface area (Å²) >= 11 is 12.3. The molecule has 0 spiro atoms. The fourth-order valence-electron chi connectivity index (χ4n) is 1.39. The maximum Gasteiger partial charge on any atom is 0.330 e. The Kier molecular flexibility index (Phi) is 13.8. The van der Waals surface area contributed by atoms with Gasteiger partial charge in [0.2, 0.25) is 0 Å². The van der Waals surface area contributed by atoms with E-state index < -0.39 is 7.47 Å². The number of ether oxygens (including phenoxy) is 2. The van der Waals surface area contributed by atoms with Crippen LogP contribution in [-0.2, 0) is 19.1 Å². The van der Waals surface area contributed by atoms with E-state index in [9.17, 15) is 9.59 Å². The van der Waals surface area contributed by atoms with Crippen molar-refractivity contribution in [1.29, 1.82) is 0 Å². The van der Waals surface area contributed by atoms with Gasteiger partial charge in [0, 0.05) is 13.1 Å². The number of alkyl halides is 4. The van der Waals surface area contributed by atoms with Gasteiger partial charge in [-0.05, 0) is 13.0 Å². The minimum atomic E-state index is -0.482. The van der Waals surface area contributed by atoms with Gasteiger partial charge in [0.15, 0.2) is 7.47 Å². The maximum atomic E-state index is 11.3. The normalized spacial score (nSPS) is 11.2. The number of nitrogens with zero attached hydrogens (tertiary/aromatic N) is 1. The van der Waals surface area contributed by atoms with Gasteiger partial charge < -0.3 is 9.47 Å². The van der Waals surface area contributed by atoms with Crippen molar-refractivity contribution in [3.05, 3.63) is 0 Å². The first-order valence-corrected chi connectivity index (χ1v) is 10.2. The Balaban J connectivity index is 4.02. The predicted molar refractivity (Wildman–Crippen MR) is 96.6 cm³/mol. The molecule has 21 heavy (non-hydrogen) atoms. The quantitative estimate of drug-likeness (QED) is 0.286. The van der Waals surface area contributed by atoms with E-state index in [1.165, 1.54) is 0 Å². The lowest BCUT2D eigenvalue weighted by Crippen LogP contribution is -2.33. The third-order valence-electron chi connectivity index (χ3n) is 2.49. The monoisotopic (exact) mass is 557 g/mol. The van der Waals surface area contributed by atoms with Crippen molar-refractivity contribution >= 4 is 75.7 Å². The molecule has 0 atom stereocenters. The number of hydrogen-bond donors (Lipinski definition) is 0. The molecule has 0 unspecified atom stereocenters. The van der Waals surface area contributed by atoms with Gasteiger partial charge in [-0.1, -0.05) is 77.1 Å². The van der Waals surface area contributed by atoms with Crippen LogP contribution in [0.5, 0.6) is 0 Å². The molecule has 0 aliphatic rings. The molecule has 5 nitrogen and oxygen atoms in total. The Morgan fingerprint density at radius 1 is 0.905 bits per heavy atom. The Hall–Kier alpha value is 0.820. The van der Waals surface area contributed by atoms with Crippen molar-refractivity contribution in [3.8, 4) is 0 Å². The van der Waals surface area contributed by atoms with Gasteiger partial charge in [0.05, 0.1) is 0 Å². The van der Waals surface area contributed by atoms with Gasteiger partial charge in [-0.3, -0.25) is 4.90 Å². The fourth-order valence-corrected chi connectivity index (χ4v) is 1.92. The van der Waals surface area contributed by atoms with Crippen LogP contribution in [0.25, 0.3) is 0 Å². The van der Waals surface area contributed by atoms with Crippen LogP contribution in [0.4, 0.5) is 0 Å². The maximum absolute atomic E-state index is 11.3. The molecule has 0 saturated heterocycles. The van der Waals surface area contributed by atoms with Gasteiger partial charge in [-0.2, -0.15) is 0 Å². The zero-order chi connectivity index (χ0) is 16.3. The number of halogens is 4. The molecular formula is C12H19Br4NO4. The van der Waals surface area contributed by atoms with Gasteiger partial charge in [-0.25, -0.2) is 9.59 Å². The van der Waals surface area contributed by atoms with Crippen LogP contribution in [-0.4, -0.2) is 57.2 Å². The number of rotatable bonds is 11. The Morgan fingerprint density at radius 3 is 1.67 bits per heavy atom. The van der Waals surface area contributed by atoms with E-state index in [1.807, 2.05) is 0 Å². The molecule has 0 N–H and O–H groups in total. The highest BCUT2D eigenvalue weighted by Gasteiger charge is 2.14. The summed E-state index contributed by atoms with van der Waals surface area (Å²) in [6.45, 7) is 4.83. The average molecular weight is 561 g/mol. The SMILES string of the molecule is CCCCN(CCOC(=O)C(Br)Br)CCOC(=O)C(Br)Br. The highest BCUT2D eigenvalue weighted by molar-refractivity contribution is 9.25. The van der Waals surface area contributed by atoms with Crippen LogP contribution in [0.2, 0.25) is 0 Å². The molecule has 0 heterocycles. The molecule has 0 amide bonds. The second-order valence-corrected chi connectivity index (χ2v) is 10.3. The largest absolute Gasteiger partial charge is 0.463 e. The van der Waals surface area contributed by atoms with Crippen molar-refractivity contribution in [1.82, 2.24) is 4.90 Å². The summed E-state index contributed by atoms with van der Waals surface area (Å²) in [7, 11) is 0. The van der Waals surface area contributed by atoms with E-state index in [0.717, 1.165) is 19.4 Å². The van der Waals surface area contributed by atoms with Gasteiger partial charge in [-0.15, -0.1) is 0 Å². The van der Waals surface area contributed by atoms with E-state index in [-0.39, 0.29) is 11.9 Å². The topological polar surface area (TPSA) is 55.8 Å². The number of hydrogen-bond acceptors (Lipinski definition) is 5. The van der Waals surface area contributed by atoms with Crippen LogP contribution in [0.1, 0.15) is 19.8 Å². The first-order chi connectivity index (χ1) is 9.88. The first-order valence-electron chi connectivity index (χ1n) is 6.50. The van der Waals surface area contributed by atoms with E-state index in [0.29, 0.717) is 26.3 Å². The Labute approximate surface area is 159 Å². The lowest BCUT2D eigenvalue weighted by molar-refractivity contribution is -0.141.